The van der Waals surface area contributed by atoms with Crippen LogP contribution in [0.1, 0.15) is 62.7 Å². The summed E-state index contributed by atoms with van der Waals surface area (Å²) in [5, 5.41) is 8.80. The molecular weight excluding hydrogens is 428 g/mol. The number of carbonyl (C=O) groups is 3. The molecule has 0 saturated carbocycles. The SMILES string of the molecule is CCCCCC(=O)Nc1cccc(NC(=O)CNc2ccc(C(=O)N3CCC(C)CC3)cc2)c1. The summed E-state index contributed by atoms with van der Waals surface area (Å²) < 4.78 is 0. The number of piperidine rings is 1. The van der Waals surface area contributed by atoms with Crippen LogP contribution in [-0.2, 0) is 9.59 Å². The number of rotatable bonds is 10. The quantitative estimate of drug-likeness (QED) is 0.425. The third-order valence-electron chi connectivity index (χ3n) is 6.09. The largest absolute Gasteiger partial charge is 0.376 e. The van der Waals surface area contributed by atoms with Crippen LogP contribution >= 0.6 is 0 Å². The maximum absolute atomic E-state index is 12.7. The van der Waals surface area contributed by atoms with Crippen LogP contribution in [0.5, 0.6) is 0 Å². The van der Waals surface area contributed by atoms with E-state index in [9.17, 15) is 14.4 Å². The molecule has 1 aliphatic heterocycles. The van der Waals surface area contributed by atoms with Crippen molar-refractivity contribution in [1.29, 1.82) is 0 Å². The standard InChI is InChI=1S/C27H36N4O3/c1-3-4-5-9-25(32)29-23-7-6-8-24(18-23)30-26(33)19-28-22-12-10-21(11-13-22)27(34)31-16-14-20(2)15-17-31/h6-8,10-13,18,20,28H,3-5,9,14-17,19H2,1-2H3,(H,29,32)(H,30,33). The number of anilines is 3. The van der Waals surface area contributed by atoms with Gasteiger partial charge in [-0.05, 0) is 67.6 Å². The predicted octanol–water partition coefficient (Wildman–Crippen LogP) is 5.13. The van der Waals surface area contributed by atoms with E-state index in [1.807, 2.05) is 17.0 Å². The Morgan fingerprint density at radius 3 is 2.18 bits per heavy atom. The molecule has 1 heterocycles. The van der Waals surface area contributed by atoms with E-state index in [1.54, 1.807) is 36.4 Å². The molecule has 1 aliphatic rings. The minimum atomic E-state index is -0.200. The van der Waals surface area contributed by atoms with Crippen LogP contribution < -0.4 is 16.0 Å². The van der Waals surface area contributed by atoms with Crippen LogP contribution in [0.2, 0.25) is 0 Å². The summed E-state index contributed by atoms with van der Waals surface area (Å²) in [7, 11) is 0. The van der Waals surface area contributed by atoms with Gasteiger partial charge >= 0.3 is 0 Å². The van der Waals surface area contributed by atoms with Crippen molar-refractivity contribution in [2.24, 2.45) is 5.92 Å². The number of carbonyl (C=O) groups excluding carboxylic acids is 3. The van der Waals surface area contributed by atoms with E-state index >= 15 is 0 Å². The van der Waals surface area contributed by atoms with Crippen molar-refractivity contribution >= 4 is 34.8 Å². The highest BCUT2D eigenvalue weighted by Gasteiger charge is 2.21. The van der Waals surface area contributed by atoms with Gasteiger partial charge < -0.3 is 20.9 Å². The Morgan fingerprint density at radius 2 is 1.53 bits per heavy atom. The zero-order valence-electron chi connectivity index (χ0n) is 20.2. The summed E-state index contributed by atoms with van der Waals surface area (Å²) in [5.74, 6) is 0.524. The molecule has 3 rings (SSSR count). The van der Waals surface area contributed by atoms with Gasteiger partial charge in [0.15, 0.2) is 0 Å². The number of nitrogens with one attached hydrogen (secondary N) is 3. The van der Waals surface area contributed by atoms with Crippen molar-refractivity contribution in [2.45, 2.75) is 52.4 Å². The topological polar surface area (TPSA) is 90.5 Å². The molecule has 3 amide bonds. The average molecular weight is 465 g/mol. The summed E-state index contributed by atoms with van der Waals surface area (Å²) in [6.45, 7) is 6.03. The minimum Gasteiger partial charge on any atom is -0.376 e. The molecule has 7 nitrogen and oxygen atoms in total. The summed E-state index contributed by atoms with van der Waals surface area (Å²) in [5.41, 5.74) is 2.72. The molecule has 0 atom stereocenters. The molecule has 1 saturated heterocycles. The number of likely N-dealkylation sites (tertiary alicyclic amines) is 1. The second-order valence-corrected chi connectivity index (χ2v) is 9.04. The number of nitrogens with zero attached hydrogens (tertiary/aromatic N) is 1. The monoisotopic (exact) mass is 464 g/mol. The van der Waals surface area contributed by atoms with Crippen LogP contribution in [0.25, 0.3) is 0 Å². The molecule has 0 spiro atoms. The van der Waals surface area contributed by atoms with E-state index in [2.05, 4.69) is 29.8 Å². The zero-order chi connectivity index (χ0) is 24.3. The summed E-state index contributed by atoms with van der Waals surface area (Å²) in [4.78, 5) is 39.0. The highest BCUT2D eigenvalue weighted by Crippen LogP contribution is 2.19. The number of amides is 3. The third kappa shape index (κ3) is 7.90. The predicted molar refractivity (Wildman–Crippen MR) is 137 cm³/mol. The molecule has 2 aromatic rings. The van der Waals surface area contributed by atoms with Crippen molar-refractivity contribution in [1.82, 2.24) is 4.90 Å². The van der Waals surface area contributed by atoms with Gasteiger partial charge in [0.05, 0.1) is 6.54 Å². The van der Waals surface area contributed by atoms with Gasteiger partial charge in [0, 0.05) is 42.1 Å². The van der Waals surface area contributed by atoms with E-state index in [4.69, 9.17) is 0 Å². The number of benzene rings is 2. The maximum Gasteiger partial charge on any atom is 0.253 e. The van der Waals surface area contributed by atoms with E-state index in [0.29, 0.717) is 29.3 Å². The Morgan fingerprint density at radius 1 is 0.882 bits per heavy atom. The Hall–Kier alpha value is -3.35. The van der Waals surface area contributed by atoms with Gasteiger partial charge in [0.25, 0.3) is 5.91 Å². The first-order chi connectivity index (χ1) is 16.4. The number of unbranched alkanes of at least 4 members (excludes halogenated alkanes) is 2. The Kier molecular flexibility index (Phi) is 9.50. The second kappa shape index (κ2) is 12.8. The zero-order valence-corrected chi connectivity index (χ0v) is 20.2. The lowest BCUT2D eigenvalue weighted by atomic mass is 9.98. The van der Waals surface area contributed by atoms with Crippen LogP contribution in [0, 0.1) is 5.92 Å². The first-order valence-corrected chi connectivity index (χ1v) is 12.3. The van der Waals surface area contributed by atoms with Crippen LogP contribution in [0.4, 0.5) is 17.1 Å². The van der Waals surface area contributed by atoms with Gasteiger partial charge in [-0.3, -0.25) is 14.4 Å². The van der Waals surface area contributed by atoms with Crippen molar-refractivity contribution in [3.8, 4) is 0 Å². The van der Waals surface area contributed by atoms with Gasteiger partial charge in [-0.2, -0.15) is 0 Å². The first kappa shape index (κ1) is 25.3. The van der Waals surface area contributed by atoms with Crippen molar-refractivity contribution < 1.29 is 14.4 Å². The normalized spacial score (nSPS) is 13.9. The fourth-order valence-electron chi connectivity index (χ4n) is 3.95. The van der Waals surface area contributed by atoms with Gasteiger partial charge in [-0.15, -0.1) is 0 Å². The van der Waals surface area contributed by atoms with Gasteiger partial charge in [0.2, 0.25) is 11.8 Å². The lowest BCUT2D eigenvalue weighted by Crippen LogP contribution is -2.37. The fourth-order valence-corrected chi connectivity index (χ4v) is 3.95. The molecule has 1 fully saturated rings. The van der Waals surface area contributed by atoms with Crippen LogP contribution in [0.15, 0.2) is 48.5 Å². The molecule has 0 aliphatic carbocycles. The Balaban J connectivity index is 1.45. The fraction of sp³-hybridized carbons (Fsp3) is 0.444. The van der Waals surface area contributed by atoms with E-state index in [0.717, 1.165) is 50.9 Å². The Bertz CT molecular complexity index is 966. The van der Waals surface area contributed by atoms with Gasteiger partial charge in [-0.1, -0.05) is 32.8 Å². The lowest BCUT2D eigenvalue weighted by molar-refractivity contribution is -0.116. The first-order valence-electron chi connectivity index (χ1n) is 12.3. The molecule has 3 N–H and O–H groups in total. The molecule has 182 valence electrons. The van der Waals surface area contributed by atoms with Crippen molar-refractivity contribution in [3.05, 3.63) is 54.1 Å². The molecule has 34 heavy (non-hydrogen) atoms. The summed E-state index contributed by atoms with van der Waals surface area (Å²) in [6.07, 6.45) is 5.58. The average Bonchev–Trinajstić information content (AvgIpc) is 2.83. The molecule has 7 heteroatoms. The maximum atomic E-state index is 12.7. The summed E-state index contributed by atoms with van der Waals surface area (Å²) in [6, 6.07) is 14.4. The molecule has 2 aromatic carbocycles. The molecule has 0 unspecified atom stereocenters. The van der Waals surface area contributed by atoms with Crippen molar-refractivity contribution in [3.63, 3.8) is 0 Å². The van der Waals surface area contributed by atoms with Gasteiger partial charge in [0.1, 0.15) is 0 Å². The highest BCUT2D eigenvalue weighted by atomic mass is 16.2. The van der Waals surface area contributed by atoms with Crippen LogP contribution in [-0.4, -0.2) is 42.3 Å². The summed E-state index contributed by atoms with van der Waals surface area (Å²) >= 11 is 0. The smallest absolute Gasteiger partial charge is 0.253 e. The molecule has 0 aromatic heterocycles. The number of hydrogen-bond acceptors (Lipinski definition) is 4. The Labute approximate surface area is 202 Å². The lowest BCUT2D eigenvalue weighted by Gasteiger charge is -2.30. The van der Waals surface area contributed by atoms with E-state index < -0.39 is 0 Å². The van der Waals surface area contributed by atoms with Crippen molar-refractivity contribution in [2.75, 3.05) is 35.6 Å². The molecule has 0 bridgehead atoms. The third-order valence-corrected chi connectivity index (χ3v) is 6.09. The number of hydrogen-bond donors (Lipinski definition) is 3. The highest BCUT2D eigenvalue weighted by molar-refractivity contribution is 5.96. The molecule has 0 radical (unpaired) electrons. The van der Waals surface area contributed by atoms with E-state index in [1.165, 1.54) is 0 Å². The van der Waals surface area contributed by atoms with Gasteiger partial charge in [-0.25, -0.2) is 0 Å². The van der Waals surface area contributed by atoms with Crippen LogP contribution in [0.3, 0.4) is 0 Å². The minimum absolute atomic E-state index is 0.0182. The van der Waals surface area contributed by atoms with E-state index in [-0.39, 0.29) is 24.3 Å². The molecular formula is C27H36N4O3. The second-order valence-electron chi connectivity index (χ2n) is 9.04.